The molecule has 2 N–H and O–H groups in total. The second-order valence-corrected chi connectivity index (χ2v) is 7.18. The molecule has 1 amide bonds. The van der Waals surface area contributed by atoms with E-state index in [1.165, 1.54) is 6.07 Å². The molecule has 1 aliphatic rings. The summed E-state index contributed by atoms with van der Waals surface area (Å²) < 4.78 is 18.7. The average molecular weight is 338 g/mol. The fourth-order valence-electron chi connectivity index (χ4n) is 3.20. The molecule has 0 unspecified atom stereocenters. The Hall–Kier alpha value is -1.50. The van der Waals surface area contributed by atoms with Gasteiger partial charge in [0.05, 0.1) is 18.8 Å². The second-order valence-electron chi connectivity index (χ2n) is 7.18. The van der Waals surface area contributed by atoms with Crippen LogP contribution in [0.4, 0.5) is 4.39 Å². The Bertz CT molecular complexity index is 579. The van der Waals surface area contributed by atoms with E-state index in [4.69, 9.17) is 4.74 Å². The van der Waals surface area contributed by atoms with Gasteiger partial charge in [0, 0.05) is 37.7 Å². The Kier molecular flexibility index (Phi) is 5.96. The summed E-state index contributed by atoms with van der Waals surface area (Å²) in [6.45, 7) is 5.88. The molecular formula is C18H27FN2O3. The fraction of sp³-hybridized carbons (Fsp3) is 0.611. The van der Waals surface area contributed by atoms with Crippen LogP contribution in [-0.4, -0.2) is 54.9 Å². The van der Waals surface area contributed by atoms with Crippen LogP contribution in [0.5, 0.6) is 0 Å². The number of carbonyl (C=O) groups is 1. The highest BCUT2D eigenvalue weighted by atomic mass is 19.1. The van der Waals surface area contributed by atoms with Gasteiger partial charge in [0.25, 0.3) is 0 Å². The van der Waals surface area contributed by atoms with Crippen LogP contribution in [0.3, 0.4) is 0 Å². The summed E-state index contributed by atoms with van der Waals surface area (Å²) >= 11 is 0. The van der Waals surface area contributed by atoms with Gasteiger partial charge < -0.3 is 15.2 Å². The van der Waals surface area contributed by atoms with Gasteiger partial charge >= 0.3 is 0 Å². The van der Waals surface area contributed by atoms with E-state index in [1.54, 1.807) is 25.3 Å². The summed E-state index contributed by atoms with van der Waals surface area (Å²) in [6, 6.07) is 6.40. The summed E-state index contributed by atoms with van der Waals surface area (Å²) in [4.78, 5) is 14.1. The molecule has 5 nitrogen and oxygen atoms in total. The summed E-state index contributed by atoms with van der Waals surface area (Å²) in [5.41, 5.74) is -0.797. The number of hydrogen-bond donors (Lipinski definition) is 2. The van der Waals surface area contributed by atoms with Gasteiger partial charge in [-0.2, -0.15) is 0 Å². The van der Waals surface area contributed by atoms with Crippen LogP contribution in [0, 0.1) is 11.2 Å². The van der Waals surface area contributed by atoms with Crippen molar-refractivity contribution in [1.29, 1.82) is 0 Å². The first-order chi connectivity index (χ1) is 11.3. The molecule has 0 radical (unpaired) electrons. The number of hydrogen-bond acceptors (Lipinski definition) is 4. The molecule has 0 saturated carbocycles. The third kappa shape index (κ3) is 4.32. The van der Waals surface area contributed by atoms with Crippen molar-refractivity contribution in [2.24, 2.45) is 5.41 Å². The van der Waals surface area contributed by atoms with E-state index in [0.29, 0.717) is 25.1 Å². The van der Waals surface area contributed by atoms with Crippen LogP contribution in [0.25, 0.3) is 0 Å². The van der Waals surface area contributed by atoms with Crippen LogP contribution >= 0.6 is 0 Å². The number of halogens is 1. The van der Waals surface area contributed by atoms with Gasteiger partial charge in [-0.1, -0.05) is 32.0 Å². The number of methoxy groups -OCH3 is 1. The number of ether oxygens (including phenoxy) is 1. The van der Waals surface area contributed by atoms with Crippen LogP contribution < -0.4 is 5.32 Å². The van der Waals surface area contributed by atoms with E-state index in [-0.39, 0.29) is 36.8 Å². The maximum absolute atomic E-state index is 13.6. The molecule has 1 aromatic rings. The number of amides is 1. The molecule has 2 rings (SSSR count). The highest BCUT2D eigenvalue weighted by Gasteiger charge is 2.47. The maximum Gasteiger partial charge on any atom is 0.234 e. The van der Waals surface area contributed by atoms with Crippen molar-refractivity contribution in [3.8, 4) is 0 Å². The van der Waals surface area contributed by atoms with Crippen molar-refractivity contribution in [3.05, 3.63) is 35.6 Å². The molecule has 1 heterocycles. The van der Waals surface area contributed by atoms with E-state index in [0.717, 1.165) is 0 Å². The molecule has 6 heteroatoms. The zero-order valence-corrected chi connectivity index (χ0v) is 14.6. The molecule has 1 fully saturated rings. The summed E-state index contributed by atoms with van der Waals surface area (Å²) in [5, 5.41) is 13.5. The van der Waals surface area contributed by atoms with Crippen molar-refractivity contribution in [3.63, 3.8) is 0 Å². The molecule has 134 valence electrons. The van der Waals surface area contributed by atoms with Crippen molar-refractivity contribution < 1.29 is 19.0 Å². The van der Waals surface area contributed by atoms with Gasteiger partial charge in [-0.3, -0.25) is 9.69 Å². The predicted molar refractivity (Wildman–Crippen MR) is 89.9 cm³/mol. The molecule has 1 aromatic carbocycles. The molecule has 1 saturated heterocycles. The van der Waals surface area contributed by atoms with Crippen molar-refractivity contribution in [2.75, 3.05) is 33.4 Å². The van der Waals surface area contributed by atoms with Gasteiger partial charge in [0.15, 0.2) is 0 Å². The lowest BCUT2D eigenvalue weighted by Crippen LogP contribution is -2.60. The second kappa shape index (κ2) is 7.59. The number of carbonyl (C=O) groups excluding carboxylic acids is 1. The summed E-state index contributed by atoms with van der Waals surface area (Å²) in [5.74, 6) is -0.465. The Morgan fingerprint density at radius 2 is 2.12 bits per heavy atom. The molecular weight excluding hydrogens is 311 g/mol. The van der Waals surface area contributed by atoms with E-state index >= 15 is 0 Å². The monoisotopic (exact) mass is 338 g/mol. The lowest BCUT2D eigenvalue weighted by atomic mass is 9.70. The third-order valence-electron chi connectivity index (χ3n) is 4.90. The molecule has 24 heavy (non-hydrogen) atoms. The normalized spacial score (nSPS) is 23.9. The molecule has 0 spiro atoms. The SMILES string of the molecule is COC[C@]1(O)CCN(CC(=O)NCc2ccccc2F)CC1(C)C. The first kappa shape index (κ1) is 18.8. The van der Waals surface area contributed by atoms with Gasteiger partial charge in [-0.15, -0.1) is 0 Å². The van der Waals surface area contributed by atoms with Crippen molar-refractivity contribution in [2.45, 2.75) is 32.4 Å². The molecule has 1 atom stereocenters. The Labute approximate surface area is 142 Å². The number of likely N-dealkylation sites (tertiary alicyclic amines) is 1. The number of piperidine rings is 1. The number of nitrogens with zero attached hydrogens (tertiary/aromatic N) is 1. The first-order valence-corrected chi connectivity index (χ1v) is 8.21. The van der Waals surface area contributed by atoms with Gasteiger partial charge in [0.1, 0.15) is 5.82 Å². The van der Waals surface area contributed by atoms with Crippen molar-refractivity contribution >= 4 is 5.91 Å². The zero-order valence-electron chi connectivity index (χ0n) is 14.6. The van der Waals surface area contributed by atoms with Gasteiger partial charge in [-0.05, 0) is 12.5 Å². The first-order valence-electron chi connectivity index (χ1n) is 8.21. The summed E-state index contributed by atoms with van der Waals surface area (Å²) in [6.07, 6.45) is 0.550. The lowest BCUT2D eigenvalue weighted by Gasteiger charge is -2.49. The Morgan fingerprint density at radius 3 is 2.75 bits per heavy atom. The molecule has 1 aliphatic heterocycles. The summed E-state index contributed by atoms with van der Waals surface area (Å²) in [7, 11) is 1.58. The molecule has 0 aliphatic carbocycles. The lowest BCUT2D eigenvalue weighted by molar-refractivity contribution is -0.153. The van der Waals surface area contributed by atoms with Crippen LogP contribution in [-0.2, 0) is 16.1 Å². The van der Waals surface area contributed by atoms with E-state index in [2.05, 4.69) is 5.32 Å². The fourth-order valence-corrected chi connectivity index (χ4v) is 3.20. The minimum absolute atomic E-state index is 0.147. The minimum atomic E-state index is -0.887. The zero-order chi connectivity index (χ0) is 17.8. The van der Waals surface area contributed by atoms with E-state index in [1.807, 2.05) is 18.7 Å². The largest absolute Gasteiger partial charge is 0.387 e. The average Bonchev–Trinajstić information content (AvgIpc) is 2.50. The highest BCUT2D eigenvalue weighted by molar-refractivity contribution is 5.78. The van der Waals surface area contributed by atoms with E-state index in [9.17, 15) is 14.3 Å². The number of rotatable bonds is 6. The van der Waals surface area contributed by atoms with Gasteiger partial charge in [0.2, 0.25) is 5.91 Å². The van der Waals surface area contributed by atoms with Gasteiger partial charge in [-0.25, -0.2) is 4.39 Å². The molecule has 0 bridgehead atoms. The predicted octanol–water partition coefficient (Wildman–Crippen LogP) is 1.55. The van der Waals surface area contributed by atoms with E-state index < -0.39 is 5.60 Å². The quantitative estimate of drug-likeness (QED) is 0.826. The standard InChI is InChI=1S/C18H27FN2O3/c1-17(2)12-21(9-8-18(17,23)13-24-3)11-16(22)20-10-14-6-4-5-7-15(14)19/h4-7,23H,8-13H2,1-3H3,(H,20,22)/t18-/m1/s1. The third-order valence-corrected chi connectivity index (χ3v) is 4.90. The number of nitrogens with one attached hydrogen (secondary N) is 1. The highest BCUT2D eigenvalue weighted by Crippen LogP contribution is 2.38. The van der Waals surface area contributed by atoms with Crippen LogP contribution in [0.1, 0.15) is 25.8 Å². The maximum atomic E-state index is 13.6. The molecule has 0 aromatic heterocycles. The van der Waals surface area contributed by atoms with Crippen LogP contribution in [0.2, 0.25) is 0 Å². The number of aliphatic hydroxyl groups is 1. The topological polar surface area (TPSA) is 61.8 Å². The minimum Gasteiger partial charge on any atom is -0.387 e. The number of benzene rings is 1. The van der Waals surface area contributed by atoms with Crippen molar-refractivity contribution in [1.82, 2.24) is 10.2 Å². The smallest absolute Gasteiger partial charge is 0.234 e. The Morgan fingerprint density at radius 1 is 1.42 bits per heavy atom. The Balaban J connectivity index is 1.86. The van der Waals surface area contributed by atoms with Crippen LogP contribution in [0.15, 0.2) is 24.3 Å².